The number of hydrogen-bond donors (Lipinski definition) is 1. The third-order valence-corrected chi connectivity index (χ3v) is 4.64. The fraction of sp³-hybridized carbons (Fsp3) is 0.500. The van der Waals surface area contributed by atoms with Crippen LogP contribution < -0.4 is 0 Å². The van der Waals surface area contributed by atoms with Crippen molar-refractivity contribution in [1.29, 1.82) is 0 Å². The molecule has 2 aliphatic rings. The van der Waals surface area contributed by atoms with Gasteiger partial charge in [-0.15, -0.1) is 0 Å². The number of amides is 1. The molecule has 3 atom stereocenters. The van der Waals surface area contributed by atoms with Gasteiger partial charge < -0.3 is 10.0 Å². The quantitative estimate of drug-likeness (QED) is 0.912. The average molecular weight is 273 g/mol. The molecule has 0 spiro atoms. The predicted molar refractivity (Wildman–Crippen MR) is 74.3 cm³/mol. The maximum absolute atomic E-state index is 12.3. The van der Waals surface area contributed by atoms with Gasteiger partial charge in [-0.3, -0.25) is 9.59 Å². The Morgan fingerprint density at radius 3 is 2.55 bits per heavy atom. The molecular formula is C16H19NO3. The SMILES string of the molecule is CN(C(=O)[C@@H]1C[C@H]1C(=O)O)[C@@H]1CCc2ccccc2C1. The lowest BCUT2D eigenvalue weighted by molar-refractivity contribution is -0.142. The topological polar surface area (TPSA) is 57.6 Å². The zero-order valence-electron chi connectivity index (χ0n) is 11.6. The molecule has 0 aromatic heterocycles. The van der Waals surface area contributed by atoms with Crippen molar-refractivity contribution in [3.8, 4) is 0 Å². The maximum Gasteiger partial charge on any atom is 0.307 e. The smallest absolute Gasteiger partial charge is 0.307 e. The van der Waals surface area contributed by atoms with E-state index in [-0.39, 0.29) is 17.9 Å². The van der Waals surface area contributed by atoms with Crippen molar-refractivity contribution in [3.63, 3.8) is 0 Å². The van der Waals surface area contributed by atoms with Gasteiger partial charge in [0.25, 0.3) is 0 Å². The molecule has 3 rings (SSSR count). The number of benzene rings is 1. The Labute approximate surface area is 118 Å². The number of aryl methyl sites for hydroxylation is 1. The predicted octanol–water partition coefficient (Wildman–Crippen LogP) is 1.72. The lowest BCUT2D eigenvalue weighted by Crippen LogP contribution is -2.41. The number of likely N-dealkylation sites (N-methyl/N-ethyl adjacent to an activating group) is 1. The van der Waals surface area contributed by atoms with Gasteiger partial charge in [-0.1, -0.05) is 24.3 Å². The number of carboxylic acid groups (broad SMARTS) is 1. The summed E-state index contributed by atoms with van der Waals surface area (Å²) in [5, 5.41) is 8.92. The van der Waals surface area contributed by atoms with Gasteiger partial charge in [0, 0.05) is 13.1 Å². The summed E-state index contributed by atoms with van der Waals surface area (Å²) in [6, 6.07) is 8.55. The molecule has 4 nitrogen and oxygen atoms in total. The summed E-state index contributed by atoms with van der Waals surface area (Å²) in [6.07, 6.45) is 3.33. The molecule has 0 radical (unpaired) electrons. The molecular weight excluding hydrogens is 254 g/mol. The van der Waals surface area contributed by atoms with Crippen LogP contribution in [0.2, 0.25) is 0 Å². The summed E-state index contributed by atoms with van der Waals surface area (Å²) in [5.74, 6) is -1.59. The highest BCUT2D eigenvalue weighted by Gasteiger charge is 2.50. The van der Waals surface area contributed by atoms with Crippen LogP contribution in [0.1, 0.15) is 24.0 Å². The molecule has 2 aliphatic carbocycles. The second-order valence-corrected chi connectivity index (χ2v) is 5.90. The Morgan fingerprint density at radius 2 is 1.90 bits per heavy atom. The van der Waals surface area contributed by atoms with Crippen molar-refractivity contribution in [3.05, 3.63) is 35.4 Å². The Balaban J connectivity index is 1.66. The van der Waals surface area contributed by atoms with Gasteiger partial charge in [-0.25, -0.2) is 0 Å². The van der Waals surface area contributed by atoms with Crippen LogP contribution in [0.15, 0.2) is 24.3 Å². The van der Waals surface area contributed by atoms with Gasteiger partial charge in [-0.05, 0) is 36.8 Å². The summed E-state index contributed by atoms with van der Waals surface area (Å²) in [4.78, 5) is 24.9. The molecule has 1 fully saturated rings. The lowest BCUT2D eigenvalue weighted by Gasteiger charge is -2.32. The lowest BCUT2D eigenvalue weighted by atomic mass is 9.87. The molecule has 0 unspecified atom stereocenters. The summed E-state index contributed by atoms with van der Waals surface area (Å²) in [5.41, 5.74) is 2.69. The molecule has 1 saturated carbocycles. The van der Waals surface area contributed by atoms with E-state index in [0.29, 0.717) is 6.42 Å². The van der Waals surface area contributed by atoms with Crippen molar-refractivity contribution < 1.29 is 14.7 Å². The molecule has 1 aromatic rings. The number of nitrogens with zero attached hydrogens (tertiary/aromatic N) is 1. The third-order valence-electron chi connectivity index (χ3n) is 4.64. The van der Waals surface area contributed by atoms with Crippen molar-refractivity contribution in [1.82, 2.24) is 4.90 Å². The fourth-order valence-corrected chi connectivity index (χ4v) is 3.19. The minimum atomic E-state index is -0.842. The van der Waals surface area contributed by atoms with Crippen LogP contribution in [0.4, 0.5) is 0 Å². The van der Waals surface area contributed by atoms with Crippen LogP contribution in [0, 0.1) is 11.8 Å². The highest BCUT2D eigenvalue weighted by molar-refractivity contribution is 5.89. The largest absolute Gasteiger partial charge is 0.481 e. The van der Waals surface area contributed by atoms with E-state index in [1.165, 1.54) is 11.1 Å². The van der Waals surface area contributed by atoms with Gasteiger partial charge in [0.15, 0.2) is 0 Å². The number of rotatable bonds is 3. The zero-order valence-corrected chi connectivity index (χ0v) is 11.6. The molecule has 20 heavy (non-hydrogen) atoms. The number of hydrogen-bond acceptors (Lipinski definition) is 2. The van der Waals surface area contributed by atoms with Gasteiger partial charge in [0.2, 0.25) is 5.91 Å². The van der Waals surface area contributed by atoms with E-state index in [0.717, 1.165) is 19.3 Å². The Morgan fingerprint density at radius 1 is 1.20 bits per heavy atom. The molecule has 0 saturated heterocycles. The summed E-state index contributed by atoms with van der Waals surface area (Å²) in [7, 11) is 1.82. The van der Waals surface area contributed by atoms with Crippen molar-refractivity contribution in [2.24, 2.45) is 11.8 Å². The van der Waals surface area contributed by atoms with Gasteiger partial charge >= 0.3 is 5.97 Å². The molecule has 0 heterocycles. The zero-order chi connectivity index (χ0) is 14.3. The van der Waals surface area contributed by atoms with Crippen LogP contribution in [0.5, 0.6) is 0 Å². The second-order valence-electron chi connectivity index (χ2n) is 5.90. The fourth-order valence-electron chi connectivity index (χ4n) is 3.19. The molecule has 1 amide bonds. The minimum Gasteiger partial charge on any atom is -0.481 e. The first-order chi connectivity index (χ1) is 9.58. The van der Waals surface area contributed by atoms with Crippen LogP contribution >= 0.6 is 0 Å². The number of carboxylic acids is 1. The van der Waals surface area contributed by atoms with Gasteiger partial charge in [0.1, 0.15) is 0 Å². The van der Waals surface area contributed by atoms with Crippen LogP contribution in [0.3, 0.4) is 0 Å². The van der Waals surface area contributed by atoms with E-state index in [9.17, 15) is 9.59 Å². The Bertz CT molecular complexity index is 554. The van der Waals surface area contributed by atoms with Crippen molar-refractivity contribution in [2.75, 3.05) is 7.05 Å². The molecule has 0 bridgehead atoms. The van der Waals surface area contributed by atoms with Crippen molar-refractivity contribution in [2.45, 2.75) is 31.7 Å². The average Bonchev–Trinajstić information content (AvgIpc) is 3.26. The van der Waals surface area contributed by atoms with Gasteiger partial charge in [0.05, 0.1) is 11.8 Å². The number of aliphatic carboxylic acids is 1. The van der Waals surface area contributed by atoms with E-state index in [4.69, 9.17) is 5.11 Å². The number of carbonyl (C=O) groups excluding carboxylic acids is 1. The first-order valence-corrected chi connectivity index (χ1v) is 7.14. The molecule has 106 valence electrons. The standard InChI is InChI=1S/C16H19NO3/c1-17(15(18)13-9-14(13)16(19)20)12-7-6-10-4-2-3-5-11(10)8-12/h2-5,12-14H,6-9H2,1H3,(H,19,20)/t12-,13-,14-/m1/s1. The second kappa shape index (κ2) is 4.93. The van der Waals surface area contributed by atoms with Crippen molar-refractivity contribution >= 4 is 11.9 Å². The summed E-state index contributed by atoms with van der Waals surface area (Å²) < 4.78 is 0. The first-order valence-electron chi connectivity index (χ1n) is 7.14. The normalized spacial score (nSPS) is 27.6. The first kappa shape index (κ1) is 13.2. The minimum absolute atomic E-state index is 0.00165. The van der Waals surface area contributed by atoms with E-state index in [2.05, 4.69) is 18.2 Å². The third kappa shape index (κ3) is 2.30. The molecule has 4 heteroatoms. The highest BCUT2D eigenvalue weighted by atomic mass is 16.4. The van der Waals surface area contributed by atoms with Crippen LogP contribution in [0.25, 0.3) is 0 Å². The molecule has 1 N–H and O–H groups in total. The summed E-state index contributed by atoms with van der Waals surface area (Å²) >= 11 is 0. The Hall–Kier alpha value is -1.84. The monoisotopic (exact) mass is 273 g/mol. The number of fused-ring (bicyclic) bond motifs is 1. The summed E-state index contributed by atoms with van der Waals surface area (Å²) in [6.45, 7) is 0. The van der Waals surface area contributed by atoms with E-state index in [1.54, 1.807) is 4.90 Å². The highest BCUT2D eigenvalue weighted by Crippen LogP contribution is 2.40. The van der Waals surface area contributed by atoms with E-state index < -0.39 is 11.9 Å². The van der Waals surface area contributed by atoms with Crippen LogP contribution in [-0.4, -0.2) is 35.0 Å². The van der Waals surface area contributed by atoms with Crippen LogP contribution in [-0.2, 0) is 22.4 Å². The molecule has 1 aromatic carbocycles. The molecule has 0 aliphatic heterocycles. The van der Waals surface area contributed by atoms with Gasteiger partial charge in [-0.2, -0.15) is 0 Å². The van der Waals surface area contributed by atoms with E-state index >= 15 is 0 Å². The number of carbonyl (C=O) groups is 2. The van der Waals surface area contributed by atoms with E-state index in [1.807, 2.05) is 13.1 Å². The Kier molecular flexibility index (Phi) is 3.24. The maximum atomic E-state index is 12.3.